The van der Waals surface area contributed by atoms with Gasteiger partial charge in [-0.2, -0.15) is 4.98 Å². The Hall–Kier alpha value is -4.57. The molecule has 0 spiro atoms. The number of amides is 1. The Labute approximate surface area is 213 Å². The van der Waals surface area contributed by atoms with E-state index in [0.717, 1.165) is 11.3 Å². The van der Waals surface area contributed by atoms with E-state index < -0.39 is 0 Å². The van der Waals surface area contributed by atoms with Crippen LogP contribution in [-0.4, -0.2) is 53.9 Å². The van der Waals surface area contributed by atoms with Crippen molar-refractivity contribution in [2.75, 3.05) is 38.5 Å². The monoisotopic (exact) mass is 502 g/mol. The number of nitrogens with zero attached hydrogens (tertiary/aromatic N) is 3. The average Bonchev–Trinajstić information content (AvgIpc) is 3.58. The number of anilines is 1. The first-order valence-electron chi connectivity index (χ1n) is 11.9. The predicted octanol–water partition coefficient (Wildman–Crippen LogP) is 4.10. The first-order valence-corrected chi connectivity index (χ1v) is 11.9. The van der Waals surface area contributed by atoms with E-state index in [2.05, 4.69) is 15.4 Å². The first-order chi connectivity index (χ1) is 18.2. The van der Waals surface area contributed by atoms with Gasteiger partial charge in [-0.15, -0.1) is 5.10 Å². The molecule has 0 fully saturated rings. The summed E-state index contributed by atoms with van der Waals surface area (Å²) in [5.41, 5.74) is 2.15. The number of para-hydroxylation sites is 1. The zero-order valence-corrected chi connectivity index (χ0v) is 20.3. The van der Waals surface area contributed by atoms with Crippen molar-refractivity contribution in [3.63, 3.8) is 0 Å². The zero-order chi connectivity index (χ0) is 25.5. The van der Waals surface area contributed by atoms with Gasteiger partial charge >= 0.3 is 6.01 Å². The molecule has 0 aliphatic carbocycles. The number of nitrogens with one attached hydrogen (secondary N) is 1. The summed E-state index contributed by atoms with van der Waals surface area (Å²) >= 11 is 0. The summed E-state index contributed by atoms with van der Waals surface area (Å²) in [6, 6.07) is 22.2. The zero-order valence-electron chi connectivity index (χ0n) is 20.3. The van der Waals surface area contributed by atoms with E-state index in [4.69, 9.17) is 23.7 Å². The topological polar surface area (TPSA) is 106 Å². The average molecular weight is 503 g/mol. The Bertz CT molecular complexity index is 1340. The van der Waals surface area contributed by atoms with Crippen LogP contribution in [0.5, 0.6) is 23.3 Å². The molecule has 2 heterocycles. The smallest absolute Gasteiger partial charge is 0.336 e. The van der Waals surface area contributed by atoms with Crippen molar-refractivity contribution < 1.29 is 28.5 Å². The van der Waals surface area contributed by atoms with Crippen LogP contribution in [0.2, 0.25) is 0 Å². The molecule has 37 heavy (non-hydrogen) atoms. The van der Waals surface area contributed by atoms with Crippen LogP contribution in [0.3, 0.4) is 0 Å². The van der Waals surface area contributed by atoms with E-state index >= 15 is 0 Å². The van der Waals surface area contributed by atoms with Crippen molar-refractivity contribution in [3.8, 4) is 40.3 Å². The van der Waals surface area contributed by atoms with Gasteiger partial charge in [0, 0.05) is 17.9 Å². The quantitative estimate of drug-likeness (QED) is 0.306. The second kappa shape index (κ2) is 11.4. The van der Waals surface area contributed by atoms with E-state index in [-0.39, 0.29) is 25.3 Å². The van der Waals surface area contributed by atoms with Crippen molar-refractivity contribution in [2.24, 2.45) is 0 Å². The molecule has 190 valence electrons. The van der Waals surface area contributed by atoms with Gasteiger partial charge in [0.15, 0.2) is 23.9 Å². The summed E-state index contributed by atoms with van der Waals surface area (Å²) in [4.78, 5) is 16.9. The van der Waals surface area contributed by atoms with E-state index in [1.807, 2.05) is 55.5 Å². The predicted molar refractivity (Wildman–Crippen MR) is 135 cm³/mol. The second-order valence-electron chi connectivity index (χ2n) is 7.94. The third-order valence-corrected chi connectivity index (χ3v) is 5.39. The number of ether oxygens (including phenoxy) is 5. The van der Waals surface area contributed by atoms with Gasteiger partial charge in [0.1, 0.15) is 12.4 Å². The molecule has 10 nitrogen and oxygen atoms in total. The molecule has 1 aliphatic heterocycles. The third kappa shape index (κ3) is 5.99. The normalized spacial score (nSPS) is 11.8. The lowest BCUT2D eigenvalue weighted by Crippen LogP contribution is -2.20. The second-order valence-corrected chi connectivity index (χ2v) is 7.94. The minimum absolute atomic E-state index is 0.0917. The van der Waals surface area contributed by atoms with Crippen LogP contribution in [0, 0.1) is 0 Å². The molecule has 1 aliphatic rings. The lowest BCUT2D eigenvalue weighted by Gasteiger charge is -2.09. The van der Waals surface area contributed by atoms with Gasteiger partial charge in [-0.05, 0) is 61.5 Å². The molecule has 3 aromatic carbocycles. The molecule has 1 amide bonds. The van der Waals surface area contributed by atoms with Crippen LogP contribution >= 0.6 is 0 Å². The SMILES string of the molecule is CCOCCOc1nc(-c2ccc3c(c2)OCO3)n(-c2ccc(NC(=O)COc3ccccc3)cc2)n1. The molecular weight excluding hydrogens is 476 g/mol. The summed E-state index contributed by atoms with van der Waals surface area (Å²) in [5.74, 6) is 2.26. The summed E-state index contributed by atoms with van der Waals surface area (Å²) < 4.78 is 29.2. The number of carbonyl (C=O) groups excluding carboxylic acids is 1. The Morgan fingerprint density at radius 2 is 1.78 bits per heavy atom. The molecule has 1 aromatic heterocycles. The number of rotatable bonds is 11. The summed E-state index contributed by atoms with van der Waals surface area (Å²) in [6.07, 6.45) is 0. The molecule has 0 saturated carbocycles. The molecule has 0 atom stereocenters. The lowest BCUT2D eigenvalue weighted by atomic mass is 10.2. The Balaban J connectivity index is 1.32. The number of hydrogen-bond donors (Lipinski definition) is 1. The van der Waals surface area contributed by atoms with E-state index in [1.165, 1.54) is 0 Å². The summed E-state index contributed by atoms with van der Waals surface area (Å²) in [6.45, 7) is 3.38. The molecular formula is C27H26N4O6. The fourth-order valence-corrected chi connectivity index (χ4v) is 3.64. The maximum absolute atomic E-state index is 12.3. The fourth-order valence-electron chi connectivity index (χ4n) is 3.64. The highest BCUT2D eigenvalue weighted by Crippen LogP contribution is 2.36. The molecule has 4 aromatic rings. The van der Waals surface area contributed by atoms with Gasteiger partial charge in [0.2, 0.25) is 6.79 Å². The summed E-state index contributed by atoms with van der Waals surface area (Å²) in [7, 11) is 0. The van der Waals surface area contributed by atoms with Gasteiger partial charge in [0.25, 0.3) is 5.91 Å². The minimum Gasteiger partial charge on any atom is -0.484 e. The number of benzene rings is 3. The molecule has 0 bridgehead atoms. The Morgan fingerprint density at radius 1 is 0.973 bits per heavy atom. The number of hydrogen-bond acceptors (Lipinski definition) is 8. The van der Waals surface area contributed by atoms with Crippen molar-refractivity contribution in [2.45, 2.75) is 6.92 Å². The van der Waals surface area contributed by atoms with Crippen LogP contribution in [0.1, 0.15) is 6.92 Å². The largest absolute Gasteiger partial charge is 0.484 e. The van der Waals surface area contributed by atoms with Gasteiger partial charge in [-0.1, -0.05) is 18.2 Å². The number of fused-ring (bicyclic) bond motifs is 1. The van der Waals surface area contributed by atoms with Crippen molar-refractivity contribution in [1.29, 1.82) is 0 Å². The third-order valence-electron chi connectivity index (χ3n) is 5.39. The standard InChI is InChI=1S/C27H26N4O6/c1-2-33-14-15-34-27-29-26(19-8-13-23-24(16-19)37-18-36-23)31(30-27)21-11-9-20(10-12-21)28-25(32)17-35-22-6-4-3-5-7-22/h3-13,16H,2,14-15,17-18H2,1H3,(H,28,32). The first kappa shape index (κ1) is 24.1. The van der Waals surface area contributed by atoms with E-state index in [1.54, 1.807) is 28.9 Å². The highest BCUT2D eigenvalue weighted by atomic mass is 16.7. The van der Waals surface area contributed by atoms with Gasteiger partial charge in [-0.25, -0.2) is 4.68 Å². The minimum atomic E-state index is -0.261. The maximum atomic E-state index is 12.3. The van der Waals surface area contributed by atoms with Gasteiger partial charge in [0.05, 0.1) is 12.3 Å². The molecule has 0 radical (unpaired) electrons. The van der Waals surface area contributed by atoms with Crippen LogP contribution in [0.4, 0.5) is 5.69 Å². The fraction of sp³-hybridized carbons (Fsp3) is 0.222. The maximum Gasteiger partial charge on any atom is 0.336 e. The van der Waals surface area contributed by atoms with Crippen LogP contribution in [-0.2, 0) is 9.53 Å². The molecule has 5 rings (SSSR count). The van der Waals surface area contributed by atoms with Crippen molar-refractivity contribution in [1.82, 2.24) is 14.8 Å². The molecule has 0 unspecified atom stereocenters. The highest BCUT2D eigenvalue weighted by Gasteiger charge is 2.19. The van der Waals surface area contributed by atoms with Crippen LogP contribution in [0.25, 0.3) is 17.1 Å². The Kier molecular flexibility index (Phi) is 7.47. The highest BCUT2D eigenvalue weighted by molar-refractivity contribution is 5.92. The molecule has 1 N–H and O–H groups in total. The molecule has 0 saturated heterocycles. The van der Waals surface area contributed by atoms with Crippen LogP contribution in [0.15, 0.2) is 72.8 Å². The van der Waals surface area contributed by atoms with Crippen LogP contribution < -0.4 is 24.3 Å². The lowest BCUT2D eigenvalue weighted by molar-refractivity contribution is -0.118. The van der Waals surface area contributed by atoms with E-state index in [0.29, 0.717) is 48.6 Å². The number of carbonyl (C=O) groups is 1. The van der Waals surface area contributed by atoms with Gasteiger partial charge < -0.3 is 29.0 Å². The van der Waals surface area contributed by atoms with Gasteiger partial charge in [-0.3, -0.25) is 4.79 Å². The Morgan fingerprint density at radius 3 is 2.59 bits per heavy atom. The molecule has 10 heteroatoms. The van der Waals surface area contributed by atoms with Crippen molar-refractivity contribution in [3.05, 3.63) is 72.8 Å². The number of aromatic nitrogens is 3. The summed E-state index contributed by atoms with van der Waals surface area (Å²) in [5, 5.41) is 7.38. The van der Waals surface area contributed by atoms with Crippen molar-refractivity contribution >= 4 is 11.6 Å². The van der Waals surface area contributed by atoms with E-state index in [9.17, 15) is 4.79 Å².